The maximum absolute atomic E-state index is 12.3. The fourth-order valence-corrected chi connectivity index (χ4v) is 5.17. The van der Waals surface area contributed by atoms with E-state index in [0.717, 1.165) is 43.4 Å². The van der Waals surface area contributed by atoms with E-state index in [-0.39, 0.29) is 23.6 Å². The summed E-state index contributed by atoms with van der Waals surface area (Å²) in [4.78, 5) is 24.4. The van der Waals surface area contributed by atoms with E-state index in [9.17, 15) is 14.7 Å². The predicted molar refractivity (Wildman–Crippen MR) is 117 cm³/mol. The molecular formula is C24H30O4S. The summed E-state index contributed by atoms with van der Waals surface area (Å²) in [7, 11) is 1.42. The molecule has 1 heterocycles. The molecule has 0 aliphatic heterocycles. The molecule has 1 aromatic heterocycles. The van der Waals surface area contributed by atoms with Crippen LogP contribution >= 0.6 is 11.3 Å². The summed E-state index contributed by atoms with van der Waals surface area (Å²) in [6, 6.07) is 10.3. The minimum absolute atomic E-state index is 0.0465. The average molecular weight is 415 g/mol. The van der Waals surface area contributed by atoms with E-state index in [2.05, 4.69) is 22.9 Å². The summed E-state index contributed by atoms with van der Waals surface area (Å²) in [5, 5.41) is 11.8. The molecule has 1 N–H and O–H groups in total. The number of allylic oxidation sites excluding steroid dienone is 2. The van der Waals surface area contributed by atoms with Crippen molar-refractivity contribution in [1.29, 1.82) is 0 Å². The van der Waals surface area contributed by atoms with Crippen molar-refractivity contribution in [2.24, 2.45) is 11.8 Å². The largest absolute Gasteiger partial charge is 0.469 e. The number of unbranched alkanes of at least 4 members (excludes halogenated alkanes) is 3. The highest BCUT2D eigenvalue weighted by Gasteiger charge is 2.29. The number of carbonyl (C=O) groups excluding carboxylic acids is 2. The van der Waals surface area contributed by atoms with E-state index in [1.807, 2.05) is 18.2 Å². The van der Waals surface area contributed by atoms with Crippen LogP contribution < -0.4 is 0 Å². The molecule has 0 fully saturated rings. The Balaban J connectivity index is 1.42. The maximum atomic E-state index is 12.3. The number of fused-ring (bicyclic) bond motifs is 1. The van der Waals surface area contributed by atoms with Crippen LogP contribution in [0.1, 0.15) is 62.3 Å². The monoisotopic (exact) mass is 414 g/mol. The summed E-state index contributed by atoms with van der Waals surface area (Å²) in [5.74, 6) is 0.338. The summed E-state index contributed by atoms with van der Waals surface area (Å²) >= 11 is 1.65. The second kappa shape index (κ2) is 10.7. The summed E-state index contributed by atoms with van der Waals surface area (Å²) in [6.45, 7) is 0. The third-order valence-electron chi connectivity index (χ3n) is 5.81. The number of carbonyl (C=O) groups is 2. The zero-order valence-electron chi connectivity index (χ0n) is 17.0. The molecule has 4 nitrogen and oxygen atoms in total. The van der Waals surface area contributed by atoms with Crippen molar-refractivity contribution < 1.29 is 19.4 Å². The molecule has 2 unspecified atom stereocenters. The fraction of sp³-hybridized carbons (Fsp3) is 0.500. The standard InChI is InChI=1S/C24H30O4S/c1-28-24(27)11-5-3-2-4-9-19-17(12-14-20(19)25)13-15-21(26)23-16-18-8-6-7-10-22(18)29-23/h6-8,10,12,14,16-17,19,21,26H,2-5,9,11,13,15H2,1H3/t17-,19?,21?/m1/s1. The number of ether oxygens (including phenoxy) is 1. The molecule has 0 amide bonds. The number of thiophene rings is 1. The Morgan fingerprint density at radius 3 is 2.76 bits per heavy atom. The van der Waals surface area contributed by atoms with Crippen molar-refractivity contribution in [2.45, 2.75) is 57.5 Å². The molecule has 0 spiro atoms. The third-order valence-corrected chi connectivity index (χ3v) is 7.03. The average Bonchev–Trinajstić information content (AvgIpc) is 3.32. The lowest BCUT2D eigenvalue weighted by Crippen LogP contribution is -2.16. The smallest absolute Gasteiger partial charge is 0.305 e. The molecule has 1 aromatic carbocycles. The number of rotatable bonds is 11. The molecule has 3 rings (SSSR count). The van der Waals surface area contributed by atoms with Crippen LogP contribution in [0.4, 0.5) is 0 Å². The van der Waals surface area contributed by atoms with Gasteiger partial charge < -0.3 is 9.84 Å². The number of benzene rings is 1. The van der Waals surface area contributed by atoms with Gasteiger partial charge in [-0.15, -0.1) is 11.3 Å². The predicted octanol–water partition coefficient (Wildman–Crippen LogP) is 5.60. The van der Waals surface area contributed by atoms with Crippen molar-refractivity contribution >= 4 is 33.2 Å². The number of hydrogen-bond acceptors (Lipinski definition) is 5. The van der Waals surface area contributed by atoms with E-state index in [1.165, 1.54) is 17.2 Å². The van der Waals surface area contributed by atoms with Gasteiger partial charge in [-0.3, -0.25) is 9.59 Å². The summed E-state index contributed by atoms with van der Waals surface area (Å²) in [5.41, 5.74) is 0. The topological polar surface area (TPSA) is 63.6 Å². The SMILES string of the molecule is COC(=O)CCCCCCC1C(=O)C=C[C@@H]1CCC(O)c1cc2ccccc2s1. The lowest BCUT2D eigenvalue weighted by atomic mass is 9.85. The second-order valence-corrected chi connectivity index (χ2v) is 8.96. The zero-order chi connectivity index (χ0) is 20.6. The van der Waals surface area contributed by atoms with Crippen LogP contribution in [-0.2, 0) is 14.3 Å². The van der Waals surface area contributed by atoms with E-state index in [4.69, 9.17) is 0 Å². The Bertz CT molecular complexity index is 820. The van der Waals surface area contributed by atoms with Crippen molar-refractivity contribution in [1.82, 2.24) is 0 Å². The van der Waals surface area contributed by atoms with Crippen molar-refractivity contribution in [3.05, 3.63) is 47.4 Å². The summed E-state index contributed by atoms with van der Waals surface area (Å²) in [6.07, 6.45) is 9.97. The van der Waals surface area contributed by atoms with Crippen LogP contribution in [0, 0.1) is 11.8 Å². The molecule has 29 heavy (non-hydrogen) atoms. The van der Waals surface area contributed by atoms with Gasteiger partial charge in [-0.2, -0.15) is 0 Å². The first-order valence-corrected chi connectivity index (χ1v) is 11.4. The highest BCUT2D eigenvalue weighted by molar-refractivity contribution is 7.19. The van der Waals surface area contributed by atoms with Crippen LogP contribution in [0.15, 0.2) is 42.5 Å². The van der Waals surface area contributed by atoms with Gasteiger partial charge in [0.1, 0.15) is 0 Å². The van der Waals surface area contributed by atoms with Gasteiger partial charge >= 0.3 is 5.97 Å². The quantitative estimate of drug-likeness (QED) is 0.384. The first-order chi connectivity index (χ1) is 14.1. The Labute approximate surface area is 176 Å². The Kier molecular flexibility index (Phi) is 8.01. The summed E-state index contributed by atoms with van der Waals surface area (Å²) < 4.78 is 5.85. The number of aliphatic hydroxyl groups excluding tert-OH is 1. The Morgan fingerprint density at radius 1 is 1.17 bits per heavy atom. The number of methoxy groups -OCH3 is 1. The van der Waals surface area contributed by atoms with Crippen LogP contribution in [0.25, 0.3) is 10.1 Å². The normalized spacial score (nSPS) is 19.7. The molecule has 1 aliphatic carbocycles. The van der Waals surface area contributed by atoms with Crippen LogP contribution in [0.2, 0.25) is 0 Å². The van der Waals surface area contributed by atoms with Gasteiger partial charge in [0.15, 0.2) is 5.78 Å². The van der Waals surface area contributed by atoms with E-state index in [1.54, 1.807) is 17.4 Å². The first-order valence-electron chi connectivity index (χ1n) is 10.5. The van der Waals surface area contributed by atoms with Crippen LogP contribution in [0.5, 0.6) is 0 Å². The minimum atomic E-state index is -0.476. The zero-order valence-corrected chi connectivity index (χ0v) is 17.8. The second-order valence-electron chi connectivity index (χ2n) is 7.84. The lowest BCUT2D eigenvalue weighted by Gasteiger charge is -2.19. The highest BCUT2D eigenvalue weighted by Crippen LogP contribution is 2.36. The Hall–Kier alpha value is -1.98. The number of hydrogen-bond donors (Lipinski definition) is 1. The van der Waals surface area contributed by atoms with Crippen LogP contribution in [0.3, 0.4) is 0 Å². The molecule has 0 bridgehead atoms. The van der Waals surface area contributed by atoms with Crippen molar-refractivity contribution in [3.8, 4) is 0 Å². The number of esters is 1. The number of aliphatic hydroxyl groups is 1. The number of ketones is 1. The molecule has 1 aliphatic rings. The van der Waals surface area contributed by atoms with Gasteiger partial charge in [-0.1, -0.05) is 43.5 Å². The van der Waals surface area contributed by atoms with Gasteiger partial charge in [-0.05, 0) is 55.2 Å². The third kappa shape index (κ3) is 6.00. The van der Waals surface area contributed by atoms with Gasteiger partial charge in [0.05, 0.1) is 13.2 Å². The molecular weight excluding hydrogens is 384 g/mol. The molecule has 0 radical (unpaired) electrons. The van der Waals surface area contributed by atoms with E-state index in [0.29, 0.717) is 12.8 Å². The van der Waals surface area contributed by atoms with Gasteiger partial charge in [0.2, 0.25) is 0 Å². The molecule has 5 heteroatoms. The first kappa shape index (κ1) is 21.7. The molecule has 156 valence electrons. The fourth-order valence-electron chi connectivity index (χ4n) is 4.09. The Morgan fingerprint density at radius 2 is 1.97 bits per heavy atom. The highest BCUT2D eigenvalue weighted by atomic mass is 32.1. The molecule has 0 saturated carbocycles. The minimum Gasteiger partial charge on any atom is -0.469 e. The van der Waals surface area contributed by atoms with Crippen molar-refractivity contribution in [3.63, 3.8) is 0 Å². The van der Waals surface area contributed by atoms with E-state index < -0.39 is 6.10 Å². The maximum Gasteiger partial charge on any atom is 0.305 e. The molecule has 3 atom stereocenters. The lowest BCUT2D eigenvalue weighted by molar-refractivity contribution is -0.140. The molecule has 2 aromatic rings. The molecule has 0 saturated heterocycles. The van der Waals surface area contributed by atoms with Gasteiger partial charge in [0, 0.05) is 21.9 Å². The van der Waals surface area contributed by atoms with Gasteiger partial charge in [-0.25, -0.2) is 0 Å². The van der Waals surface area contributed by atoms with E-state index >= 15 is 0 Å². The van der Waals surface area contributed by atoms with Crippen LogP contribution in [-0.4, -0.2) is 24.0 Å². The van der Waals surface area contributed by atoms with Gasteiger partial charge in [0.25, 0.3) is 0 Å². The van der Waals surface area contributed by atoms with Crippen molar-refractivity contribution in [2.75, 3.05) is 7.11 Å².